The van der Waals surface area contributed by atoms with E-state index in [0.29, 0.717) is 18.5 Å². The van der Waals surface area contributed by atoms with Crippen LogP contribution in [0.3, 0.4) is 0 Å². The average molecular weight is 362 g/mol. The SMILES string of the molecule is Cn1c(Cn2cccn2)nnc1[C@@H]1CCCN(C2Cc3ccccc3C2)C1. The number of likely N-dealkylation sites (tertiary alicyclic amines) is 1. The predicted octanol–water partition coefficient (Wildman–Crippen LogP) is 2.41. The molecular formula is C21H26N6. The first-order chi connectivity index (χ1) is 13.3. The first-order valence-corrected chi connectivity index (χ1v) is 9.94. The molecule has 0 spiro atoms. The molecule has 0 radical (unpaired) electrons. The summed E-state index contributed by atoms with van der Waals surface area (Å²) in [6.07, 6.45) is 8.58. The van der Waals surface area contributed by atoms with Crippen molar-refractivity contribution in [3.05, 3.63) is 65.5 Å². The molecular weight excluding hydrogens is 336 g/mol. The van der Waals surface area contributed by atoms with E-state index in [9.17, 15) is 0 Å². The molecule has 140 valence electrons. The second-order valence-corrected chi connectivity index (χ2v) is 7.90. The third-order valence-electron chi connectivity index (χ3n) is 6.23. The predicted molar refractivity (Wildman–Crippen MR) is 104 cm³/mol. The maximum absolute atomic E-state index is 4.57. The van der Waals surface area contributed by atoms with Gasteiger partial charge >= 0.3 is 0 Å². The van der Waals surface area contributed by atoms with Crippen LogP contribution in [0.5, 0.6) is 0 Å². The highest BCUT2D eigenvalue weighted by atomic mass is 15.3. The molecule has 1 fully saturated rings. The number of aromatic nitrogens is 5. The molecule has 0 N–H and O–H groups in total. The maximum Gasteiger partial charge on any atom is 0.154 e. The van der Waals surface area contributed by atoms with Crippen molar-refractivity contribution in [1.82, 2.24) is 29.4 Å². The Kier molecular flexibility index (Phi) is 4.28. The second-order valence-electron chi connectivity index (χ2n) is 7.90. The topological polar surface area (TPSA) is 51.8 Å². The Labute approximate surface area is 159 Å². The van der Waals surface area contributed by atoms with Gasteiger partial charge in [0, 0.05) is 37.9 Å². The number of nitrogens with zero attached hydrogens (tertiary/aromatic N) is 6. The smallest absolute Gasteiger partial charge is 0.154 e. The summed E-state index contributed by atoms with van der Waals surface area (Å²) in [6, 6.07) is 11.5. The van der Waals surface area contributed by atoms with Crippen molar-refractivity contribution < 1.29 is 0 Å². The van der Waals surface area contributed by atoms with Gasteiger partial charge in [0.05, 0.1) is 0 Å². The standard InChI is InChI=1S/C21H26N6/c1-25-20(15-27-11-5-9-22-27)23-24-21(25)18-8-4-10-26(14-18)19-12-16-6-2-3-7-17(16)13-19/h2-3,5-7,9,11,18-19H,4,8,10,12-15H2,1H3/t18-/m1/s1. The van der Waals surface area contributed by atoms with Gasteiger partial charge < -0.3 is 4.57 Å². The number of benzene rings is 1. The van der Waals surface area contributed by atoms with Crippen LogP contribution in [0.4, 0.5) is 0 Å². The van der Waals surface area contributed by atoms with Crippen molar-refractivity contribution in [3.8, 4) is 0 Å². The van der Waals surface area contributed by atoms with Crippen LogP contribution >= 0.6 is 0 Å². The number of hydrogen-bond donors (Lipinski definition) is 0. The lowest BCUT2D eigenvalue weighted by atomic mass is 9.95. The molecule has 0 amide bonds. The zero-order valence-electron chi connectivity index (χ0n) is 15.8. The Bertz CT molecular complexity index is 888. The van der Waals surface area contributed by atoms with Crippen LogP contribution < -0.4 is 0 Å². The molecule has 6 nitrogen and oxygen atoms in total. The monoisotopic (exact) mass is 362 g/mol. The quantitative estimate of drug-likeness (QED) is 0.715. The van der Waals surface area contributed by atoms with Crippen molar-refractivity contribution in [1.29, 1.82) is 0 Å². The van der Waals surface area contributed by atoms with Crippen LogP contribution in [0, 0.1) is 0 Å². The van der Waals surface area contributed by atoms with Gasteiger partial charge in [-0.1, -0.05) is 24.3 Å². The zero-order chi connectivity index (χ0) is 18.2. The summed E-state index contributed by atoms with van der Waals surface area (Å²) in [5.41, 5.74) is 3.06. The summed E-state index contributed by atoms with van der Waals surface area (Å²) in [5.74, 6) is 2.56. The van der Waals surface area contributed by atoms with E-state index in [1.807, 2.05) is 16.9 Å². The minimum Gasteiger partial charge on any atom is -0.316 e. The molecule has 3 heterocycles. The molecule has 27 heavy (non-hydrogen) atoms. The molecule has 0 saturated carbocycles. The van der Waals surface area contributed by atoms with Crippen LogP contribution in [0.1, 0.15) is 41.5 Å². The molecule has 1 aliphatic carbocycles. The number of piperidine rings is 1. The highest BCUT2D eigenvalue weighted by molar-refractivity contribution is 5.33. The van der Waals surface area contributed by atoms with Crippen LogP contribution in [-0.4, -0.2) is 48.6 Å². The first kappa shape index (κ1) is 16.7. The number of fused-ring (bicyclic) bond motifs is 1. The van der Waals surface area contributed by atoms with E-state index in [1.54, 1.807) is 6.20 Å². The lowest BCUT2D eigenvalue weighted by Gasteiger charge is -2.36. The van der Waals surface area contributed by atoms with Gasteiger partial charge in [0.1, 0.15) is 12.4 Å². The van der Waals surface area contributed by atoms with Crippen molar-refractivity contribution in [2.75, 3.05) is 13.1 Å². The number of hydrogen-bond acceptors (Lipinski definition) is 4. The second kappa shape index (κ2) is 6.93. The van der Waals surface area contributed by atoms with Crippen molar-refractivity contribution >= 4 is 0 Å². The molecule has 2 aliphatic rings. The summed E-state index contributed by atoms with van der Waals surface area (Å²) in [6.45, 7) is 2.96. The minimum atomic E-state index is 0.464. The van der Waals surface area contributed by atoms with E-state index in [0.717, 1.165) is 18.2 Å². The van der Waals surface area contributed by atoms with Gasteiger partial charge in [-0.15, -0.1) is 10.2 Å². The molecule has 1 atom stereocenters. The van der Waals surface area contributed by atoms with E-state index in [1.165, 1.54) is 43.4 Å². The largest absolute Gasteiger partial charge is 0.316 e. The Morgan fingerprint density at radius 2 is 1.89 bits per heavy atom. The van der Waals surface area contributed by atoms with Gasteiger partial charge in [-0.2, -0.15) is 5.10 Å². The van der Waals surface area contributed by atoms with E-state index in [2.05, 4.69) is 56.1 Å². The Hall–Kier alpha value is -2.47. The molecule has 1 aromatic carbocycles. The normalized spacial score (nSPS) is 20.9. The summed E-state index contributed by atoms with van der Waals surface area (Å²) in [7, 11) is 2.10. The van der Waals surface area contributed by atoms with Gasteiger partial charge in [-0.25, -0.2) is 0 Å². The van der Waals surface area contributed by atoms with Gasteiger partial charge in [0.15, 0.2) is 5.82 Å². The highest BCUT2D eigenvalue weighted by Crippen LogP contribution is 2.32. The zero-order valence-corrected chi connectivity index (χ0v) is 15.8. The molecule has 5 rings (SSSR count). The Balaban J connectivity index is 1.30. The van der Waals surface area contributed by atoms with Crippen LogP contribution in [0.25, 0.3) is 0 Å². The van der Waals surface area contributed by atoms with E-state index in [4.69, 9.17) is 0 Å². The summed E-state index contributed by atoms with van der Waals surface area (Å²) >= 11 is 0. The molecule has 1 aliphatic heterocycles. The summed E-state index contributed by atoms with van der Waals surface area (Å²) in [4.78, 5) is 2.69. The van der Waals surface area contributed by atoms with Gasteiger partial charge in [-0.3, -0.25) is 9.58 Å². The molecule has 6 heteroatoms. The lowest BCUT2D eigenvalue weighted by molar-refractivity contribution is 0.148. The van der Waals surface area contributed by atoms with Crippen LogP contribution in [-0.2, 0) is 26.4 Å². The minimum absolute atomic E-state index is 0.464. The Morgan fingerprint density at radius 1 is 1.07 bits per heavy atom. The Morgan fingerprint density at radius 3 is 2.63 bits per heavy atom. The van der Waals surface area contributed by atoms with E-state index >= 15 is 0 Å². The summed E-state index contributed by atoms with van der Waals surface area (Å²) in [5, 5.41) is 13.3. The first-order valence-electron chi connectivity index (χ1n) is 9.94. The molecule has 0 bridgehead atoms. The fourth-order valence-electron chi connectivity index (χ4n) is 4.75. The van der Waals surface area contributed by atoms with Gasteiger partial charge in [0.25, 0.3) is 0 Å². The van der Waals surface area contributed by atoms with Crippen molar-refractivity contribution in [3.63, 3.8) is 0 Å². The van der Waals surface area contributed by atoms with Crippen LogP contribution in [0.15, 0.2) is 42.7 Å². The molecule has 0 unspecified atom stereocenters. The lowest BCUT2D eigenvalue weighted by Crippen LogP contribution is -2.43. The van der Waals surface area contributed by atoms with Gasteiger partial charge in [-0.05, 0) is 49.4 Å². The van der Waals surface area contributed by atoms with Crippen molar-refractivity contribution in [2.45, 2.75) is 44.2 Å². The average Bonchev–Trinajstić information content (AvgIpc) is 3.43. The fraction of sp³-hybridized carbons (Fsp3) is 0.476. The van der Waals surface area contributed by atoms with E-state index in [-0.39, 0.29) is 0 Å². The maximum atomic E-state index is 4.57. The summed E-state index contributed by atoms with van der Waals surface area (Å²) < 4.78 is 4.08. The van der Waals surface area contributed by atoms with Crippen molar-refractivity contribution in [2.24, 2.45) is 7.05 Å². The fourth-order valence-corrected chi connectivity index (χ4v) is 4.75. The van der Waals surface area contributed by atoms with Gasteiger partial charge in [0.2, 0.25) is 0 Å². The molecule has 3 aromatic rings. The van der Waals surface area contributed by atoms with E-state index < -0.39 is 0 Å². The third-order valence-corrected chi connectivity index (χ3v) is 6.23. The van der Waals surface area contributed by atoms with Crippen LogP contribution in [0.2, 0.25) is 0 Å². The highest BCUT2D eigenvalue weighted by Gasteiger charge is 2.32. The third kappa shape index (κ3) is 3.18. The molecule has 1 saturated heterocycles. The molecule has 2 aromatic heterocycles. The number of rotatable bonds is 4.